The van der Waals surface area contributed by atoms with E-state index in [2.05, 4.69) is 10.4 Å². The molecule has 1 aromatic heterocycles. The Morgan fingerprint density at radius 2 is 1.97 bits per heavy atom. The minimum atomic E-state index is -0.613. The van der Waals surface area contributed by atoms with Crippen LogP contribution in [-0.2, 0) is 11.3 Å². The van der Waals surface area contributed by atoms with Crippen molar-refractivity contribution >= 4 is 23.2 Å². The molecule has 0 unspecified atom stereocenters. The molecule has 0 saturated carbocycles. The fraction of sp³-hybridized carbons (Fsp3) is 0.143. The third-order valence-corrected chi connectivity index (χ3v) is 4.46. The molecule has 0 spiro atoms. The summed E-state index contributed by atoms with van der Waals surface area (Å²) in [5.74, 6) is 0.481. The molecule has 146 valence electrons. The van der Waals surface area contributed by atoms with E-state index in [-0.39, 0.29) is 12.1 Å². The second-order valence-corrected chi connectivity index (χ2v) is 6.70. The molecule has 0 bridgehead atoms. The number of anilines is 1. The van der Waals surface area contributed by atoms with Gasteiger partial charge in [0.2, 0.25) is 5.91 Å². The highest BCUT2D eigenvalue weighted by atomic mass is 35.5. The van der Waals surface area contributed by atoms with Gasteiger partial charge in [-0.05, 0) is 49.7 Å². The van der Waals surface area contributed by atoms with Crippen molar-refractivity contribution in [3.63, 3.8) is 0 Å². The van der Waals surface area contributed by atoms with Gasteiger partial charge < -0.3 is 10.1 Å². The Hall–Kier alpha value is -3.63. The first kappa shape index (κ1) is 20.1. The standard InChI is InChI=1S/C21H17ClN4O3/c1-13-14(2)25-26(21(28)17(13)11-23)12-20(27)24-18-10-15(22)8-9-19(18)29-16-6-4-3-5-7-16/h3-10H,12H2,1-2H3,(H,24,27). The number of para-hydroxylation sites is 1. The lowest BCUT2D eigenvalue weighted by Gasteiger charge is -2.13. The summed E-state index contributed by atoms with van der Waals surface area (Å²) in [4.78, 5) is 24.9. The normalized spacial score (nSPS) is 10.3. The van der Waals surface area contributed by atoms with Crippen molar-refractivity contribution in [2.45, 2.75) is 20.4 Å². The summed E-state index contributed by atoms with van der Waals surface area (Å²) in [6.45, 7) is 2.96. The third-order valence-electron chi connectivity index (χ3n) is 4.23. The molecule has 1 N–H and O–H groups in total. The number of nitriles is 1. The molecule has 0 aliphatic carbocycles. The highest BCUT2D eigenvalue weighted by Crippen LogP contribution is 2.32. The van der Waals surface area contributed by atoms with Crippen molar-refractivity contribution in [1.29, 1.82) is 5.26 Å². The van der Waals surface area contributed by atoms with E-state index in [9.17, 15) is 14.9 Å². The number of carbonyl (C=O) groups excluding carboxylic acids is 1. The van der Waals surface area contributed by atoms with Crippen LogP contribution in [0, 0.1) is 25.2 Å². The van der Waals surface area contributed by atoms with Crippen LogP contribution >= 0.6 is 11.6 Å². The lowest BCUT2D eigenvalue weighted by atomic mass is 10.1. The van der Waals surface area contributed by atoms with Crippen LogP contribution in [0.4, 0.5) is 5.69 Å². The van der Waals surface area contributed by atoms with Gasteiger partial charge in [0, 0.05) is 5.02 Å². The molecule has 8 heteroatoms. The molecule has 1 heterocycles. The average molecular weight is 409 g/mol. The molecule has 0 atom stereocenters. The molecular formula is C21H17ClN4O3. The molecule has 0 aliphatic rings. The van der Waals surface area contributed by atoms with Crippen molar-refractivity contribution in [2.75, 3.05) is 5.32 Å². The van der Waals surface area contributed by atoms with E-state index in [1.54, 1.807) is 44.2 Å². The van der Waals surface area contributed by atoms with Crippen molar-refractivity contribution < 1.29 is 9.53 Å². The quantitative estimate of drug-likeness (QED) is 0.692. The first-order valence-corrected chi connectivity index (χ1v) is 9.07. The first-order chi connectivity index (χ1) is 13.9. The second kappa shape index (κ2) is 8.59. The Morgan fingerprint density at radius 1 is 1.24 bits per heavy atom. The molecule has 3 aromatic rings. The Labute approximate surface area is 172 Å². The average Bonchev–Trinajstić information content (AvgIpc) is 2.69. The molecule has 3 rings (SSSR count). The number of aromatic nitrogens is 2. The topological polar surface area (TPSA) is 97.0 Å². The number of ether oxygens (including phenoxy) is 1. The molecule has 1 amide bonds. The van der Waals surface area contributed by atoms with E-state index < -0.39 is 11.5 Å². The van der Waals surface area contributed by atoms with Crippen LogP contribution in [0.5, 0.6) is 11.5 Å². The molecule has 7 nitrogen and oxygen atoms in total. The second-order valence-electron chi connectivity index (χ2n) is 6.26. The zero-order valence-corrected chi connectivity index (χ0v) is 16.5. The van der Waals surface area contributed by atoms with E-state index >= 15 is 0 Å². The summed E-state index contributed by atoms with van der Waals surface area (Å²) in [6, 6.07) is 15.8. The van der Waals surface area contributed by atoms with Gasteiger partial charge >= 0.3 is 0 Å². The predicted octanol–water partition coefficient (Wildman–Crippen LogP) is 3.82. The lowest BCUT2D eigenvalue weighted by molar-refractivity contribution is -0.117. The van der Waals surface area contributed by atoms with Gasteiger partial charge in [0.1, 0.15) is 23.9 Å². The Bertz CT molecular complexity index is 1170. The summed E-state index contributed by atoms with van der Waals surface area (Å²) >= 11 is 6.06. The third kappa shape index (κ3) is 4.62. The summed E-state index contributed by atoms with van der Waals surface area (Å²) in [5.41, 5.74) is 0.717. The van der Waals surface area contributed by atoms with Gasteiger partial charge in [-0.25, -0.2) is 4.68 Å². The maximum Gasteiger partial charge on any atom is 0.285 e. The SMILES string of the molecule is Cc1nn(CC(=O)Nc2cc(Cl)ccc2Oc2ccccc2)c(=O)c(C#N)c1C. The zero-order chi connectivity index (χ0) is 21.0. The Kier molecular flexibility index (Phi) is 5.96. The maximum absolute atomic E-state index is 12.6. The monoisotopic (exact) mass is 408 g/mol. The molecular weight excluding hydrogens is 392 g/mol. The van der Waals surface area contributed by atoms with Crippen LogP contribution < -0.4 is 15.6 Å². The lowest BCUT2D eigenvalue weighted by Crippen LogP contribution is -2.32. The molecule has 2 aromatic carbocycles. The minimum Gasteiger partial charge on any atom is -0.455 e. The summed E-state index contributed by atoms with van der Waals surface area (Å²) in [6.07, 6.45) is 0. The van der Waals surface area contributed by atoms with Gasteiger partial charge in [-0.3, -0.25) is 9.59 Å². The molecule has 0 saturated heterocycles. The van der Waals surface area contributed by atoms with Crippen LogP contribution in [0.1, 0.15) is 16.8 Å². The highest BCUT2D eigenvalue weighted by molar-refractivity contribution is 6.31. The number of halogens is 1. The minimum absolute atomic E-state index is 0.0267. The molecule has 0 radical (unpaired) electrons. The van der Waals surface area contributed by atoms with Gasteiger partial charge in [-0.1, -0.05) is 29.8 Å². The molecule has 0 aliphatic heterocycles. The van der Waals surface area contributed by atoms with Crippen molar-refractivity contribution in [1.82, 2.24) is 9.78 Å². The fourth-order valence-corrected chi connectivity index (χ4v) is 2.81. The smallest absolute Gasteiger partial charge is 0.285 e. The van der Waals surface area contributed by atoms with E-state index in [1.165, 1.54) is 0 Å². The van der Waals surface area contributed by atoms with Crippen LogP contribution in [0.3, 0.4) is 0 Å². The van der Waals surface area contributed by atoms with Crippen LogP contribution in [0.2, 0.25) is 5.02 Å². The molecule has 29 heavy (non-hydrogen) atoms. The van der Waals surface area contributed by atoms with Crippen molar-refractivity contribution in [2.24, 2.45) is 0 Å². The predicted molar refractivity (Wildman–Crippen MR) is 109 cm³/mol. The fourth-order valence-electron chi connectivity index (χ4n) is 2.64. The Morgan fingerprint density at radius 3 is 2.66 bits per heavy atom. The van der Waals surface area contributed by atoms with Gasteiger partial charge in [-0.15, -0.1) is 0 Å². The number of benzene rings is 2. The number of aryl methyl sites for hydroxylation is 1. The van der Waals surface area contributed by atoms with Crippen LogP contribution in [0.15, 0.2) is 53.3 Å². The Balaban J connectivity index is 1.85. The largest absolute Gasteiger partial charge is 0.455 e. The van der Waals surface area contributed by atoms with Gasteiger partial charge in [-0.2, -0.15) is 10.4 Å². The first-order valence-electron chi connectivity index (χ1n) is 8.69. The van der Waals surface area contributed by atoms with E-state index in [4.69, 9.17) is 16.3 Å². The number of hydrogen-bond donors (Lipinski definition) is 1. The number of hydrogen-bond acceptors (Lipinski definition) is 5. The van der Waals surface area contributed by atoms with Gasteiger partial charge in [0.25, 0.3) is 5.56 Å². The number of carbonyl (C=O) groups is 1. The van der Waals surface area contributed by atoms with Crippen molar-refractivity contribution in [3.05, 3.63) is 80.7 Å². The number of nitrogens with zero attached hydrogens (tertiary/aromatic N) is 3. The van der Waals surface area contributed by atoms with Crippen LogP contribution in [-0.4, -0.2) is 15.7 Å². The highest BCUT2D eigenvalue weighted by Gasteiger charge is 2.15. The van der Waals surface area contributed by atoms with Gasteiger partial charge in [0.15, 0.2) is 5.75 Å². The number of nitrogens with one attached hydrogen (secondary N) is 1. The van der Waals surface area contributed by atoms with E-state index in [1.807, 2.05) is 24.3 Å². The number of rotatable bonds is 5. The van der Waals surface area contributed by atoms with E-state index in [0.717, 1.165) is 4.68 Å². The molecule has 0 fully saturated rings. The summed E-state index contributed by atoms with van der Waals surface area (Å²) < 4.78 is 6.78. The summed E-state index contributed by atoms with van der Waals surface area (Å²) in [7, 11) is 0. The van der Waals surface area contributed by atoms with Gasteiger partial charge in [0.05, 0.1) is 11.4 Å². The number of amides is 1. The van der Waals surface area contributed by atoms with Crippen molar-refractivity contribution in [3.8, 4) is 17.6 Å². The van der Waals surface area contributed by atoms with Crippen LogP contribution in [0.25, 0.3) is 0 Å². The zero-order valence-electron chi connectivity index (χ0n) is 15.8. The van der Waals surface area contributed by atoms with E-state index in [0.29, 0.717) is 33.5 Å². The maximum atomic E-state index is 12.6. The summed E-state index contributed by atoms with van der Waals surface area (Å²) in [5, 5.41) is 16.4.